The highest BCUT2D eigenvalue weighted by atomic mass is 16.5. The van der Waals surface area contributed by atoms with Gasteiger partial charge in [-0.3, -0.25) is 9.78 Å². The zero-order valence-corrected chi connectivity index (χ0v) is 15.9. The summed E-state index contributed by atoms with van der Waals surface area (Å²) in [5, 5.41) is 3.11. The van der Waals surface area contributed by atoms with Crippen molar-refractivity contribution in [3.63, 3.8) is 0 Å². The van der Waals surface area contributed by atoms with Gasteiger partial charge in [-0.15, -0.1) is 0 Å². The zero-order valence-electron chi connectivity index (χ0n) is 15.9. The summed E-state index contributed by atoms with van der Waals surface area (Å²) in [5.74, 6) is 0.842. The molecule has 1 aromatic carbocycles. The Hall–Kier alpha value is -2.60. The molecule has 2 aliphatic heterocycles. The first-order chi connectivity index (χ1) is 13.1. The molecule has 1 aromatic heterocycles. The summed E-state index contributed by atoms with van der Waals surface area (Å²) < 4.78 is 5.98. The fraction of sp³-hybridized carbons (Fsp3) is 0.429. The number of aromatic nitrogens is 1. The Kier molecular flexibility index (Phi) is 4.99. The van der Waals surface area contributed by atoms with Crippen LogP contribution in [0.3, 0.4) is 0 Å². The highest BCUT2D eigenvalue weighted by Gasteiger charge is 2.26. The van der Waals surface area contributed by atoms with Gasteiger partial charge >= 0.3 is 0 Å². The molecule has 0 bridgehead atoms. The molecular formula is C21H26N4O2. The second-order valence-electron chi connectivity index (χ2n) is 7.48. The lowest BCUT2D eigenvalue weighted by molar-refractivity contribution is 0.0915. The van der Waals surface area contributed by atoms with Crippen molar-refractivity contribution in [3.8, 4) is 5.75 Å². The molecule has 1 saturated heterocycles. The number of nitrogens with zero attached hydrogens (tertiary/aromatic N) is 3. The van der Waals surface area contributed by atoms with Crippen molar-refractivity contribution < 1.29 is 9.53 Å². The molecule has 0 radical (unpaired) electrons. The molecule has 27 heavy (non-hydrogen) atoms. The van der Waals surface area contributed by atoms with Gasteiger partial charge in [0.05, 0.1) is 11.6 Å². The van der Waals surface area contributed by atoms with E-state index in [1.807, 2.05) is 19.1 Å². The van der Waals surface area contributed by atoms with Gasteiger partial charge in [-0.2, -0.15) is 0 Å². The number of piperazine rings is 1. The van der Waals surface area contributed by atoms with Crippen LogP contribution in [-0.4, -0.2) is 61.7 Å². The molecule has 1 N–H and O–H groups in total. The van der Waals surface area contributed by atoms with Gasteiger partial charge in [0.15, 0.2) is 0 Å². The van der Waals surface area contributed by atoms with Crippen molar-refractivity contribution in [1.29, 1.82) is 0 Å². The molecule has 1 atom stereocenters. The summed E-state index contributed by atoms with van der Waals surface area (Å²) >= 11 is 0. The number of carbonyl (C=O) groups is 1. The minimum atomic E-state index is -0.0969. The lowest BCUT2D eigenvalue weighted by Gasteiger charge is -2.37. The van der Waals surface area contributed by atoms with Gasteiger partial charge in [0.2, 0.25) is 0 Å². The number of hydrogen-bond donors (Lipinski definition) is 1. The largest absolute Gasteiger partial charge is 0.491 e. The maximum atomic E-state index is 12.6. The number of hydrogen-bond acceptors (Lipinski definition) is 5. The number of rotatable bonds is 3. The van der Waals surface area contributed by atoms with Crippen LogP contribution in [0.25, 0.3) is 0 Å². The third-order valence-electron chi connectivity index (χ3n) is 5.32. The normalized spacial score (nSPS) is 19.9. The molecule has 3 heterocycles. The summed E-state index contributed by atoms with van der Waals surface area (Å²) in [5.41, 5.74) is 4.00. The van der Waals surface area contributed by atoms with Gasteiger partial charge in [-0.1, -0.05) is 6.07 Å². The van der Waals surface area contributed by atoms with Crippen molar-refractivity contribution in [2.24, 2.45) is 0 Å². The van der Waals surface area contributed by atoms with E-state index in [0.29, 0.717) is 12.2 Å². The van der Waals surface area contributed by atoms with Gasteiger partial charge < -0.3 is 19.9 Å². The number of amides is 1. The Bertz CT molecular complexity index is 831. The van der Waals surface area contributed by atoms with E-state index in [2.05, 4.69) is 39.3 Å². The summed E-state index contributed by atoms with van der Waals surface area (Å²) in [6, 6.07) is 8.07. The van der Waals surface area contributed by atoms with E-state index in [4.69, 9.17) is 4.74 Å². The number of benzene rings is 1. The number of nitrogens with one attached hydrogen (secondary N) is 1. The molecule has 0 spiro atoms. The van der Waals surface area contributed by atoms with Gasteiger partial charge in [0, 0.05) is 56.2 Å². The van der Waals surface area contributed by atoms with Gasteiger partial charge in [-0.05, 0) is 37.7 Å². The van der Waals surface area contributed by atoms with E-state index in [-0.39, 0.29) is 11.9 Å². The quantitative estimate of drug-likeness (QED) is 0.899. The Morgan fingerprint density at radius 1 is 1.22 bits per heavy atom. The molecule has 1 fully saturated rings. The Labute approximate surface area is 160 Å². The van der Waals surface area contributed by atoms with Crippen LogP contribution >= 0.6 is 0 Å². The smallest absolute Gasteiger partial charge is 0.253 e. The Balaban J connectivity index is 1.50. The molecule has 4 rings (SSSR count). The number of fused-ring (bicyclic) bond motifs is 1. The standard InChI is InChI=1S/C21H26N4O2/c1-15-10-16(13-22-12-15)21(26)23-17-11-18-19(4-3-5-20(18)27-14-17)25-8-6-24(2)7-9-25/h3-5,10,12-13,17H,6-9,11,14H2,1-2H3,(H,23,26). The first kappa shape index (κ1) is 17.8. The van der Waals surface area contributed by atoms with Crippen LogP contribution in [0.4, 0.5) is 5.69 Å². The van der Waals surface area contributed by atoms with E-state index in [1.165, 1.54) is 11.3 Å². The average molecular weight is 366 g/mol. The highest BCUT2D eigenvalue weighted by Crippen LogP contribution is 2.34. The van der Waals surface area contributed by atoms with E-state index in [0.717, 1.165) is 43.9 Å². The number of pyridine rings is 1. The lowest BCUT2D eigenvalue weighted by atomic mass is 9.99. The van der Waals surface area contributed by atoms with Crippen LogP contribution in [0.15, 0.2) is 36.7 Å². The van der Waals surface area contributed by atoms with Crippen LogP contribution in [0, 0.1) is 6.92 Å². The monoisotopic (exact) mass is 366 g/mol. The molecule has 142 valence electrons. The second-order valence-corrected chi connectivity index (χ2v) is 7.48. The van der Waals surface area contributed by atoms with Gasteiger partial charge in [0.25, 0.3) is 5.91 Å². The van der Waals surface area contributed by atoms with Crippen LogP contribution in [0.1, 0.15) is 21.5 Å². The van der Waals surface area contributed by atoms with E-state index in [9.17, 15) is 4.79 Å². The summed E-state index contributed by atoms with van der Waals surface area (Å²) in [6.07, 6.45) is 4.14. The Morgan fingerprint density at radius 2 is 2.04 bits per heavy atom. The molecule has 6 heteroatoms. The molecular weight excluding hydrogens is 340 g/mol. The van der Waals surface area contributed by atoms with Crippen molar-refractivity contribution in [2.45, 2.75) is 19.4 Å². The molecule has 1 unspecified atom stereocenters. The number of likely N-dealkylation sites (N-methyl/N-ethyl adjacent to an activating group) is 1. The third-order valence-corrected chi connectivity index (χ3v) is 5.32. The highest BCUT2D eigenvalue weighted by molar-refractivity contribution is 5.94. The van der Waals surface area contributed by atoms with Crippen LogP contribution in [-0.2, 0) is 6.42 Å². The molecule has 6 nitrogen and oxygen atoms in total. The summed E-state index contributed by atoms with van der Waals surface area (Å²) in [7, 11) is 2.16. The zero-order chi connectivity index (χ0) is 18.8. The fourth-order valence-electron chi connectivity index (χ4n) is 3.77. The molecule has 2 aromatic rings. The fourth-order valence-corrected chi connectivity index (χ4v) is 3.77. The van der Waals surface area contributed by atoms with Crippen molar-refractivity contribution in [1.82, 2.24) is 15.2 Å². The molecule has 0 aliphatic carbocycles. The average Bonchev–Trinajstić information content (AvgIpc) is 2.68. The number of ether oxygens (including phenoxy) is 1. The third kappa shape index (κ3) is 3.90. The van der Waals surface area contributed by atoms with Crippen molar-refractivity contribution in [2.75, 3.05) is 44.7 Å². The van der Waals surface area contributed by atoms with E-state index >= 15 is 0 Å². The summed E-state index contributed by atoms with van der Waals surface area (Å²) in [4.78, 5) is 21.5. The number of anilines is 1. The molecule has 2 aliphatic rings. The van der Waals surface area contributed by atoms with Gasteiger partial charge in [0.1, 0.15) is 12.4 Å². The SMILES string of the molecule is Cc1cncc(C(=O)NC2COc3cccc(N4CCN(C)CC4)c3C2)c1. The number of carbonyl (C=O) groups excluding carboxylic acids is 1. The minimum absolute atomic E-state index is 0.0425. The Morgan fingerprint density at radius 3 is 2.81 bits per heavy atom. The number of aryl methyl sites for hydroxylation is 1. The lowest BCUT2D eigenvalue weighted by Crippen LogP contribution is -2.46. The maximum absolute atomic E-state index is 12.6. The maximum Gasteiger partial charge on any atom is 0.253 e. The van der Waals surface area contributed by atoms with Gasteiger partial charge in [-0.25, -0.2) is 0 Å². The van der Waals surface area contributed by atoms with E-state index < -0.39 is 0 Å². The summed E-state index contributed by atoms with van der Waals surface area (Å²) in [6.45, 7) is 6.57. The first-order valence-electron chi connectivity index (χ1n) is 9.51. The van der Waals surface area contributed by atoms with Crippen molar-refractivity contribution >= 4 is 11.6 Å². The van der Waals surface area contributed by atoms with Crippen LogP contribution in [0.2, 0.25) is 0 Å². The molecule has 0 saturated carbocycles. The van der Waals surface area contributed by atoms with Crippen LogP contribution in [0.5, 0.6) is 5.75 Å². The predicted octanol–water partition coefficient (Wildman–Crippen LogP) is 1.88. The van der Waals surface area contributed by atoms with E-state index in [1.54, 1.807) is 12.4 Å². The predicted molar refractivity (Wildman–Crippen MR) is 106 cm³/mol. The van der Waals surface area contributed by atoms with Crippen LogP contribution < -0.4 is 15.0 Å². The minimum Gasteiger partial charge on any atom is -0.491 e. The second kappa shape index (κ2) is 7.56. The molecule has 1 amide bonds. The topological polar surface area (TPSA) is 57.7 Å². The van der Waals surface area contributed by atoms with Crippen molar-refractivity contribution in [3.05, 3.63) is 53.3 Å². The first-order valence-corrected chi connectivity index (χ1v) is 9.51.